The van der Waals surface area contributed by atoms with Gasteiger partial charge in [-0.1, -0.05) is 6.07 Å². The lowest BCUT2D eigenvalue weighted by Gasteiger charge is -2.41. The molecule has 6 heteroatoms. The van der Waals surface area contributed by atoms with Crippen molar-refractivity contribution in [3.8, 4) is 5.75 Å². The summed E-state index contributed by atoms with van der Waals surface area (Å²) in [6, 6.07) is 5.86. The number of ether oxygens (including phenoxy) is 1. The molecule has 0 radical (unpaired) electrons. The van der Waals surface area contributed by atoms with Crippen molar-refractivity contribution in [1.29, 1.82) is 0 Å². The standard InChI is InChI=1S/C16H23N3O3/c1-16(2)15(21)19(10-11-20)14-12(4-3-5-13(14)22-16)18-8-6-17-7-9-18/h3-5,17,20H,6-11H2,1-2H3. The average Bonchev–Trinajstić information content (AvgIpc) is 2.52. The van der Waals surface area contributed by atoms with E-state index in [2.05, 4.69) is 10.2 Å². The Hall–Kier alpha value is -1.79. The van der Waals surface area contributed by atoms with Gasteiger partial charge in [0.1, 0.15) is 11.4 Å². The molecule has 2 aliphatic rings. The molecule has 3 rings (SSSR count). The molecular formula is C16H23N3O3. The Morgan fingerprint density at radius 3 is 2.73 bits per heavy atom. The van der Waals surface area contributed by atoms with Crippen LogP contribution >= 0.6 is 0 Å². The molecule has 0 spiro atoms. The Labute approximate surface area is 130 Å². The van der Waals surface area contributed by atoms with Crippen molar-refractivity contribution >= 4 is 17.3 Å². The number of anilines is 2. The van der Waals surface area contributed by atoms with Gasteiger partial charge in [-0.3, -0.25) is 4.79 Å². The third-order valence-electron chi connectivity index (χ3n) is 4.15. The summed E-state index contributed by atoms with van der Waals surface area (Å²) in [5.74, 6) is 0.589. The number of benzene rings is 1. The first-order valence-electron chi connectivity index (χ1n) is 7.75. The number of hydrogen-bond acceptors (Lipinski definition) is 5. The summed E-state index contributed by atoms with van der Waals surface area (Å²) in [4.78, 5) is 16.6. The van der Waals surface area contributed by atoms with E-state index in [-0.39, 0.29) is 19.1 Å². The Kier molecular flexibility index (Phi) is 3.97. The maximum Gasteiger partial charge on any atom is 0.270 e. The average molecular weight is 305 g/mol. The van der Waals surface area contributed by atoms with E-state index in [4.69, 9.17) is 4.74 Å². The first kappa shape index (κ1) is 15.1. The molecule has 0 aliphatic carbocycles. The van der Waals surface area contributed by atoms with E-state index in [0.717, 1.165) is 37.6 Å². The second-order valence-corrected chi connectivity index (χ2v) is 6.15. The number of piperazine rings is 1. The molecule has 2 N–H and O–H groups in total. The molecule has 2 aliphatic heterocycles. The van der Waals surface area contributed by atoms with Crippen LogP contribution in [0.25, 0.3) is 0 Å². The molecule has 1 amide bonds. The van der Waals surface area contributed by atoms with Gasteiger partial charge in [-0.05, 0) is 26.0 Å². The summed E-state index contributed by atoms with van der Waals surface area (Å²) in [5, 5.41) is 12.7. The number of fused-ring (bicyclic) bond motifs is 1. The Morgan fingerprint density at radius 1 is 1.32 bits per heavy atom. The van der Waals surface area contributed by atoms with E-state index in [0.29, 0.717) is 5.75 Å². The van der Waals surface area contributed by atoms with Crippen LogP contribution in [0, 0.1) is 0 Å². The van der Waals surface area contributed by atoms with Crippen LogP contribution in [0.2, 0.25) is 0 Å². The highest BCUT2D eigenvalue weighted by atomic mass is 16.5. The van der Waals surface area contributed by atoms with Gasteiger partial charge in [-0.25, -0.2) is 0 Å². The maximum absolute atomic E-state index is 12.7. The predicted octanol–water partition coefficient (Wildman–Crippen LogP) is 0.592. The predicted molar refractivity (Wildman–Crippen MR) is 85.7 cm³/mol. The molecule has 1 aromatic carbocycles. The zero-order valence-electron chi connectivity index (χ0n) is 13.1. The van der Waals surface area contributed by atoms with Crippen molar-refractivity contribution in [3.63, 3.8) is 0 Å². The number of rotatable bonds is 3. The molecule has 120 valence electrons. The molecule has 0 bridgehead atoms. The largest absolute Gasteiger partial charge is 0.476 e. The molecule has 2 heterocycles. The summed E-state index contributed by atoms with van der Waals surface area (Å²) in [5.41, 5.74) is 0.864. The van der Waals surface area contributed by atoms with Crippen LogP contribution in [0.1, 0.15) is 13.8 Å². The molecule has 0 saturated carbocycles. The van der Waals surface area contributed by atoms with E-state index in [1.807, 2.05) is 18.2 Å². The molecule has 6 nitrogen and oxygen atoms in total. The molecule has 0 atom stereocenters. The number of hydrogen-bond donors (Lipinski definition) is 2. The minimum Gasteiger partial charge on any atom is -0.476 e. The van der Waals surface area contributed by atoms with Gasteiger partial charge >= 0.3 is 0 Å². The molecule has 1 fully saturated rings. The minimum absolute atomic E-state index is 0.0723. The van der Waals surface area contributed by atoms with Gasteiger partial charge in [0.05, 0.1) is 12.3 Å². The number of para-hydroxylation sites is 1. The fourth-order valence-corrected chi connectivity index (χ4v) is 3.08. The van der Waals surface area contributed by atoms with E-state index in [1.54, 1.807) is 18.7 Å². The summed E-state index contributed by atoms with van der Waals surface area (Å²) in [6.07, 6.45) is 0. The summed E-state index contributed by atoms with van der Waals surface area (Å²) < 4.78 is 5.92. The van der Waals surface area contributed by atoms with Gasteiger partial charge in [-0.15, -0.1) is 0 Å². The highest BCUT2D eigenvalue weighted by Gasteiger charge is 2.42. The van der Waals surface area contributed by atoms with Gasteiger partial charge in [-0.2, -0.15) is 0 Å². The summed E-state index contributed by atoms with van der Waals surface area (Å²) in [6.45, 7) is 7.36. The number of amides is 1. The Balaban J connectivity index is 2.07. The number of nitrogens with one attached hydrogen (secondary N) is 1. The Bertz CT molecular complexity index is 568. The van der Waals surface area contributed by atoms with Crippen LogP contribution < -0.4 is 19.9 Å². The van der Waals surface area contributed by atoms with Gasteiger partial charge in [0.15, 0.2) is 5.60 Å². The molecule has 0 aromatic heterocycles. The van der Waals surface area contributed by atoms with Gasteiger partial charge in [0, 0.05) is 32.7 Å². The van der Waals surface area contributed by atoms with Crippen LogP contribution in [0.5, 0.6) is 5.75 Å². The lowest BCUT2D eigenvalue weighted by molar-refractivity contribution is -0.132. The van der Waals surface area contributed by atoms with Crippen molar-refractivity contribution in [1.82, 2.24) is 5.32 Å². The Morgan fingerprint density at radius 2 is 2.05 bits per heavy atom. The normalized spacial score (nSPS) is 20.6. The van der Waals surface area contributed by atoms with E-state index < -0.39 is 5.60 Å². The first-order valence-corrected chi connectivity index (χ1v) is 7.75. The topological polar surface area (TPSA) is 65.0 Å². The zero-order chi connectivity index (χ0) is 15.7. The number of nitrogens with zero attached hydrogens (tertiary/aromatic N) is 2. The number of β-amino-alcohol motifs (C(OH)–C–C–N with tert-alkyl or cyclic N) is 1. The van der Waals surface area contributed by atoms with Crippen molar-refractivity contribution in [2.24, 2.45) is 0 Å². The second kappa shape index (κ2) is 5.78. The molecule has 1 aromatic rings. The first-order chi connectivity index (χ1) is 10.5. The number of aliphatic hydroxyl groups excluding tert-OH is 1. The van der Waals surface area contributed by atoms with E-state index in [9.17, 15) is 9.90 Å². The number of carbonyl (C=O) groups is 1. The lowest BCUT2D eigenvalue weighted by Crippen LogP contribution is -2.54. The quantitative estimate of drug-likeness (QED) is 0.856. The number of aliphatic hydroxyl groups is 1. The van der Waals surface area contributed by atoms with Crippen molar-refractivity contribution in [2.75, 3.05) is 49.1 Å². The smallest absolute Gasteiger partial charge is 0.270 e. The molecule has 0 unspecified atom stereocenters. The molecule has 22 heavy (non-hydrogen) atoms. The number of carbonyl (C=O) groups excluding carboxylic acids is 1. The summed E-state index contributed by atoms with van der Waals surface area (Å²) in [7, 11) is 0. The van der Waals surface area contributed by atoms with Gasteiger partial charge < -0.3 is 25.0 Å². The third-order valence-corrected chi connectivity index (χ3v) is 4.15. The van der Waals surface area contributed by atoms with Crippen LogP contribution in [-0.2, 0) is 4.79 Å². The lowest BCUT2D eigenvalue weighted by atomic mass is 10.0. The van der Waals surface area contributed by atoms with Crippen LogP contribution in [0.15, 0.2) is 18.2 Å². The SMILES string of the molecule is CC1(C)Oc2cccc(N3CCNCC3)c2N(CCO)C1=O. The fourth-order valence-electron chi connectivity index (χ4n) is 3.08. The fraction of sp³-hybridized carbons (Fsp3) is 0.562. The van der Waals surface area contributed by atoms with E-state index >= 15 is 0 Å². The van der Waals surface area contributed by atoms with Crippen molar-refractivity contribution in [3.05, 3.63) is 18.2 Å². The van der Waals surface area contributed by atoms with Crippen molar-refractivity contribution < 1.29 is 14.6 Å². The maximum atomic E-state index is 12.7. The van der Waals surface area contributed by atoms with Gasteiger partial charge in [0.2, 0.25) is 0 Å². The minimum atomic E-state index is -0.912. The summed E-state index contributed by atoms with van der Waals surface area (Å²) >= 11 is 0. The van der Waals surface area contributed by atoms with Crippen LogP contribution in [0.3, 0.4) is 0 Å². The highest BCUT2D eigenvalue weighted by molar-refractivity contribution is 6.05. The second-order valence-electron chi connectivity index (χ2n) is 6.15. The van der Waals surface area contributed by atoms with Crippen LogP contribution in [0.4, 0.5) is 11.4 Å². The zero-order valence-corrected chi connectivity index (χ0v) is 13.1. The van der Waals surface area contributed by atoms with Crippen molar-refractivity contribution in [2.45, 2.75) is 19.4 Å². The highest BCUT2D eigenvalue weighted by Crippen LogP contribution is 2.44. The van der Waals surface area contributed by atoms with Crippen LogP contribution in [-0.4, -0.2) is 55.9 Å². The molecular weight excluding hydrogens is 282 g/mol. The van der Waals surface area contributed by atoms with E-state index in [1.165, 1.54) is 0 Å². The monoisotopic (exact) mass is 305 g/mol. The van der Waals surface area contributed by atoms with Gasteiger partial charge in [0.25, 0.3) is 5.91 Å². The third kappa shape index (κ3) is 2.53. The molecule has 1 saturated heterocycles.